The number of rotatable bonds is 2. The number of carbonyl (C=O) groups excluding carboxylic acids is 1. The minimum absolute atomic E-state index is 0.0524. The van der Waals surface area contributed by atoms with Crippen molar-refractivity contribution in [2.45, 2.75) is 45.2 Å². The number of hydrogen-bond acceptors (Lipinski definition) is 4. The van der Waals surface area contributed by atoms with Gasteiger partial charge in [0.15, 0.2) is 0 Å². The minimum atomic E-state index is 0.0524. The van der Waals surface area contributed by atoms with Gasteiger partial charge in [0.2, 0.25) is 0 Å². The Bertz CT molecular complexity index is 874. The predicted octanol–water partition coefficient (Wildman–Crippen LogP) is 4.09. The summed E-state index contributed by atoms with van der Waals surface area (Å²) in [5.74, 6) is 0.0524. The molecule has 4 rings (SSSR count). The van der Waals surface area contributed by atoms with E-state index in [-0.39, 0.29) is 18.0 Å². The molecule has 0 bridgehead atoms. The molecule has 24 heavy (non-hydrogen) atoms. The third-order valence-corrected chi connectivity index (χ3v) is 5.72. The largest absolute Gasteiger partial charge is 0.346 e. The van der Waals surface area contributed by atoms with Crippen LogP contribution in [0.4, 0.5) is 0 Å². The van der Waals surface area contributed by atoms with Gasteiger partial charge in [-0.3, -0.25) is 4.79 Å². The molecule has 1 aliphatic heterocycles. The normalized spacial score (nSPS) is 21.3. The number of thiazole rings is 1. The van der Waals surface area contributed by atoms with Crippen molar-refractivity contribution in [3.8, 4) is 10.6 Å². The van der Waals surface area contributed by atoms with Crippen molar-refractivity contribution in [1.29, 1.82) is 0 Å². The van der Waals surface area contributed by atoms with E-state index >= 15 is 0 Å². The van der Waals surface area contributed by atoms with Crippen molar-refractivity contribution >= 4 is 28.3 Å². The molecule has 1 N–H and O–H groups in total. The Balaban J connectivity index is 1.67. The molecule has 1 amide bonds. The number of piperidine rings is 1. The molecule has 5 nitrogen and oxygen atoms in total. The van der Waals surface area contributed by atoms with Crippen molar-refractivity contribution in [3.05, 3.63) is 35.6 Å². The molecule has 0 saturated carbocycles. The highest BCUT2D eigenvalue weighted by Gasteiger charge is 2.31. The van der Waals surface area contributed by atoms with Crippen LogP contribution in [0.5, 0.6) is 0 Å². The molecule has 2 atom stereocenters. The Hall–Kier alpha value is -2.21. The van der Waals surface area contributed by atoms with Gasteiger partial charge in [0, 0.05) is 40.8 Å². The number of aromatic nitrogens is 3. The zero-order valence-electron chi connectivity index (χ0n) is 13.8. The first kappa shape index (κ1) is 15.3. The van der Waals surface area contributed by atoms with Crippen LogP contribution in [0.15, 0.2) is 29.9 Å². The number of likely N-dealkylation sites (tertiary alicyclic amines) is 1. The average Bonchev–Trinajstić information content (AvgIpc) is 3.23. The van der Waals surface area contributed by atoms with Crippen molar-refractivity contribution in [3.63, 3.8) is 0 Å². The molecule has 4 heterocycles. The number of nitrogens with one attached hydrogen (secondary N) is 1. The first-order chi connectivity index (χ1) is 11.6. The molecule has 0 aromatic carbocycles. The average molecular weight is 340 g/mol. The second-order valence-corrected chi connectivity index (χ2v) is 7.34. The lowest BCUT2D eigenvalue weighted by Gasteiger charge is -2.38. The number of carbonyl (C=O) groups is 1. The van der Waals surface area contributed by atoms with Crippen molar-refractivity contribution in [2.75, 3.05) is 0 Å². The van der Waals surface area contributed by atoms with Gasteiger partial charge in [0.05, 0.1) is 0 Å². The highest BCUT2D eigenvalue weighted by molar-refractivity contribution is 7.13. The molecule has 6 heteroatoms. The monoisotopic (exact) mass is 340 g/mol. The van der Waals surface area contributed by atoms with E-state index in [2.05, 4.69) is 28.8 Å². The number of aromatic amines is 1. The van der Waals surface area contributed by atoms with Gasteiger partial charge in [0.25, 0.3) is 5.91 Å². The van der Waals surface area contributed by atoms with Gasteiger partial charge in [0.1, 0.15) is 16.3 Å². The van der Waals surface area contributed by atoms with E-state index in [4.69, 9.17) is 0 Å². The van der Waals surface area contributed by atoms with Crippen LogP contribution in [0.1, 0.15) is 43.6 Å². The van der Waals surface area contributed by atoms with Crippen molar-refractivity contribution in [1.82, 2.24) is 19.9 Å². The summed E-state index contributed by atoms with van der Waals surface area (Å²) in [5, 5.41) is 3.78. The summed E-state index contributed by atoms with van der Waals surface area (Å²) >= 11 is 1.52. The summed E-state index contributed by atoms with van der Waals surface area (Å²) < 4.78 is 0. The van der Waals surface area contributed by atoms with E-state index in [0.717, 1.165) is 34.4 Å². The fourth-order valence-corrected chi connectivity index (χ4v) is 4.43. The van der Waals surface area contributed by atoms with Crippen LogP contribution in [0.25, 0.3) is 21.6 Å². The quantitative estimate of drug-likeness (QED) is 0.764. The Labute approximate surface area is 144 Å². The van der Waals surface area contributed by atoms with Gasteiger partial charge in [-0.25, -0.2) is 9.97 Å². The van der Waals surface area contributed by atoms with Crippen LogP contribution in [-0.4, -0.2) is 37.8 Å². The highest BCUT2D eigenvalue weighted by atomic mass is 32.1. The molecule has 0 aliphatic carbocycles. The molecule has 1 fully saturated rings. The van der Waals surface area contributed by atoms with E-state index < -0.39 is 0 Å². The maximum absolute atomic E-state index is 12.9. The molecule has 1 saturated heterocycles. The topological polar surface area (TPSA) is 61.9 Å². The third kappa shape index (κ3) is 2.51. The molecule has 0 unspecified atom stereocenters. The first-order valence-electron chi connectivity index (χ1n) is 8.36. The third-order valence-electron chi connectivity index (χ3n) is 4.84. The van der Waals surface area contributed by atoms with Crippen molar-refractivity contribution in [2.24, 2.45) is 0 Å². The Morgan fingerprint density at radius 1 is 1.29 bits per heavy atom. The molecular weight excluding hydrogens is 320 g/mol. The summed E-state index contributed by atoms with van der Waals surface area (Å²) in [4.78, 5) is 27.0. The molecule has 3 aromatic heterocycles. The second kappa shape index (κ2) is 6.02. The Morgan fingerprint density at radius 3 is 2.88 bits per heavy atom. The molecule has 0 spiro atoms. The Morgan fingerprint density at radius 2 is 2.08 bits per heavy atom. The molecule has 1 aliphatic rings. The van der Waals surface area contributed by atoms with E-state index in [9.17, 15) is 4.79 Å². The van der Waals surface area contributed by atoms with Gasteiger partial charge in [-0.2, -0.15) is 0 Å². The number of hydrogen-bond donors (Lipinski definition) is 1. The van der Waals surface area contributed by atoms with Crippen LogP contribution >= 0.6 is 11.3 Å². The first-order valence-corrected chi connectivity index (χ1v) is 9.24. The Kier molecular flexibility index (Phi) is 3.84. The minimum Gasteiger partial charge on any atom is -0.346 e. The maximum Gasteiger partial charge on any atom is 0.273 e. The van der Waals surface area contributed by atoms with Crippen LogP contribution < -0.4 is 0 Å². The lowest BCUT2D eigenvalue weighted by molar-refractivity contribution is 0.0505. The van der Waals surface area contributed by atoms with E-state index in [1.165, 1.54) is 17.8 Å². The summed E-state index contributed by atoms with van der Waals surface area (Å²) in [6, 6.07) is 4.51. The van der Waals surface area contributed by atoms with E-state index in [0.29, 0.717) is 5.69 Å². The zero-order chi connectivity index (χ0) is 16.7. The molecule has 3 aromatic rings. The van der Waals surface area contributed by atoms with Crippen LogP contribution in [0.2, 0.25) is 0 Å². The van der Waals surface area contributed by atoms with E-state index in [1.54, 1.807) is 6.20 Å². The molecule has 124 valence electrons. The highest BCUT2D eigenvalue weighted by Crippen LogP contribution is 2.31. The molecular formula is C18H20N4OS. The number of fused-ring (bicyclic) bond motifs is 1. The number of amides is 1. The van der Waals surface area contributed by atoms with Gasteiger partial charge in [-0.15, -0.1) is 11.3 Å². The van der Waals surface area contributed by atoms with Gasteiger partial charge in [-0.05, 0) is 45.2 Å². The number of nitrogens with zero attached hydrogens (tertiary/aromatic N) is 3. The summed E-state index contributed by atoms with van der Waals surface area (Å²) in [6.45, 7) is 4.26. The summed E-state index contributed by atoms with van der Waals surface area (Å²) in [7, 11) is 0. The second-order valence-electron chi connectivity index (χ2n) is 6.48. The van der Waals surface area contributed by atoms with Crippen molar-refractivity contribution < 1.29 is 4.79 Å². The summed E-state index contributed by atoms with van der Waals surface area (Å²) in [6.07, 6.45) is 6.98. The van der Waals surface area contributed by atoms with Crippen LogP contribution in [0.3, 0.4) is 0 Å². The lowest BCUT2D eigenvalue weighted by atomic mass is 9.97. The fourth-order valence-electron chi connectivity index (χ4n) is 3.60. The van der Waals surface area contributed by atoms with E-state index in [1.807, 2.05) is 28.6 Å². The maximum atomic E-state index is 12.9. The smallest absolute Gasteiger partial charge is 0.273 e. The van der Waals surface area contributed by atoms with Gasteiger partial charge in [-0.1, -0.05) is 0 Å². The lowest BCUT2D eigenvalue weighted by Crippen LogP contribution is -2.47. The number of pyridine rings is 1. The van der Waals surface area contributed by atoms with Crippen LogP contribution in [0, 0.1) is 0 Å². The molecule has 0 radical (unpaired) electrons. The standard InChI is InChI=1S/C18H20N4OS/c1-11-4-3-5-12(2)22(11)18(23)15-10-24-17(21-15)14-7-9-20-16-13(14)6-8-19-16/h6-12H,3-5H2,1-2H3,(H,19,20)/t11-,12+. The number of H-pyrrole nitrogens is 1. The van der Waals surface area contributed by atoms with Gasteiger partial charge < -0.3 is 9.88 Å². The van der Waals surface area contributed by atoms with Gasteiger partial charge >= 0.3 is 0 Å². The SMILES string of the molecule is C[C@@H]1CCC[C@H](C)N1C(=O)c1csc(-c2ccnc3[nH]ccc23)n1. The fraction of sp³-hybridized carbons (Fsp3) is 0.389. The summed E-state index contributed by atoms with van der Waals surface area (Å²) in [5.41, 5.74) is 2.41. The predicted molar refractivity (Wildman–Crippen MR) is 96.1 cm³/mol. The van der Waals surface area contributed by atoms with Crippen LogP contribution in [-0.2, 0) is 0 Å². The zero-order valence-corrected chi connectivity index (χ0v) is 14.6.